The third kappa shape index (κ3) is 4.44. The third-order valence-corrected chi connectivity index (χ3v) is 4.21. The second-order valence-electron chi connectivity index (χ2n) is 5.71. The molecule has 0 aliphatic heterocycles. The average Bonchev–Trinajstić information content (AvgIpc) is 2.63. The number of fused-ring (bicyclic) bond motifs is 1. The van der Waals surface area contributed by atoms with E-state index in [4.69, 9.17) is 16.0 Å². The summed E-state index contributed by atoms with van der Waals surface area (Å²) in [7, 11) is -3.24. The maximum Gasteiger partial charge on any atom is 0.209 e. The van der Waals surface area contributed by atoms with Crippen molar-refractivity contribution in [3.63, 3.8) is 0 Å². The summed E-state index contributed by atoms with van der Waals surface area (Å²) in [6.07, 6.45) is 1.15. The summed E-state index contributed by atoms with van der Waals surface area (Å²) in [5.41, 5.74) is 1.04. The predicted octanol–water partition coefficient (Wildman–Crippen LogP) is 2.50. The van der Waals surface area contributed by atoms with Crippen LogP contribution in [-0.4, -0.2) is 26.8 Å². The van der Waals surface area contributed by atoms with Gasteiger partial charge in [0.2, 0.25) is 10.0 Å². The van der Waals surface area contributed by atoms with Gasteiger partial charge in [0, 0.05) is 29.6 Å². The third-order valence-electron chi connectivity index (χ3n) is 2.98. The van der Waals surface area contributed by atoms with E-state index in [0.29, 0.717) is 18.3 Å². The molecule has 0 aliphatic rings. The van der Waals surface area contributed by atoms with Crippen molar-refractivity contribution in [3.05, 3.63) is 35.0 Å². The average molecular weight is 331 g/mol. The number of hydrogen-bond acceptors (Lipinski definition) is 4. The molecule has 7 heteroatoms. The molecule has 0 bridgehead atoms. The lowest BCUT2D eigenvalue weighted by Gasteiger charge is -2.25. The zero-order valence-electron chi connectivity index (χ0n) is 12.2. The van der Waals surface area contributed by atoms with Crippen LogP contribution in [0, 0.1) is 0 Å². The van der Waals surface area contributed by atoms with Gasteiger partial charge in [0.1, 0.15) is 5.58 Å². The van der Waals surface area contributed by atoms with E-state index >= 15 is 0 Å². The fourth-order valence-corrected chi connectivity index (χ4v) is 3.60. The van der Waals surface area contributed by atoms with Gasteiger partial charge in [0.05, 0.1) is 6.26 Å². The van der Waals surface area contributed by atoms with Gasteiger partial charge < -0.3 is 9.73 Å². The van der Waals surface area contributed by atoms with Crippen LogP contribution in [0.4, 0.5) is 0 Å². The van der Waals surface area contributed by atoms with E-state index < -0.39 is 15.6 Å². The lowest BCUT2D eigenvalue weighted by Crippen LogP contribution is -2.49. The minimum Gasteiger partial charge on any atom is -0.444 e. The van der Waals surface area contributed by atoms with E-state index in [1.165, 1.54) is 0 Å². The zero-order chi connectivity index (χ0) is 15.7. The molecule has 0 spiro atoms. The van der Waals surface area contributed by atoms with Gasteiger partial charge in [-0.3, -0.25) is 0 Å². The van der Waals surface area contributed by atoms with Crippen LogP contribution in [0.5, 0.6) is 0 Å². The minimum absolute atomic E-state index is 0.359. The molecule has 1 heterocycles. The molecule has 1 aromatic carbocycles. The first kappa shape index (κ1) is 16.3. The van der Waals surface area contributed by atoms with Crippen molar-refractivity contribution in [1.29, 1.82) is 0 Å². The highest BCUT2D eigenvalue weighted by molar-refractivity contribution is 7.88. The molecule has 2 N–H and O–H groups in total. The molecular weight excluding hydrogens is 312 g/mol. The van der Waals surface area contributed by atoms with Crippen LogP contribution >= 0.6 is 11.6 Å². The number of hydrogen-bond donors (Lipinski definition) is 2. The molecule has 0 amide bonds. The summed E-state index contributed by atoms with van der Waals surface area (Å²) >= 11 is 6.11. The summed E-state index contributed by atoms with van der Waals surface area (Å²) in [4.78, 5) is 0. The first-order valence-electron chi connectivity index (χ1n) is 6.53. The summed E-state index contributed by atoms with van der Waals surface area (Å²) in [5.74, 6) is 0. The van der Waals surface area contributed by atoms with Crippen LogP contribution in [0.25, 0.3) is 11.0 Å². The van der Waals surface area contributed by atoms with Crippen molar-refractivity contribution in [2.75, 3.05) is 12.8 Å². The summed E-state index contributed by atoms with van der Waals surface area (Å²) in [6, 6.07) is 7.62. The Bertz CT molecular complexity index is 738. The highest BCUT2D eigenvalue weighted by Gasteiger charge is 2.22. The lowest BCUT2D eigenvalue weighted by atomic mass is 10.1. The molecule has 21 heavy (non-hydrogen) atoms. The Morgan fingerprint density at radius 2 is 1.95 bits per heavy atom. The number of nitrogens with one attached hydrogen (secondary N) is 2. The van der Waals surface area contributed by atoms with Crippen molar-refractivity contribution >= 4 is 32.6 Å². The standard InChI is InChI=1S/C14H19ClN2O3S/c1-14(2,17-21(3,18)19)9-16-8-11-10-6-4-5-7-12(10)20-13(11)15/h4-7,16-17H,8-9H2,1-3H3. The maximum absolute atomic E-state index is 11.3. The molecule has 0 fully saturated rings. The Morgan fingerprint density at radius 3 is 2.62 bits per heavy atom. The first-order chi connectivity index (χ1) is 9.68. The molecule has 0 atom stereocenters. The van der Waals surface area contributed by atoms with Crippen LogP contribution in [0.15, 0.2) is 28.7 Å². The monoisotopic (exact) mass is 330 g/mol. The molecule has 2 aromatic rings. The molecule has 0 aliphatic carbocycles. The highest BCUT2D eigenvalue weighted by Crippen LogP contribution is 2.29. The van der Waals surface area contributed by atoms with E-state index in [1.807, 2.05) is 38.1 Å². The number of benzene rings is 1. The SMILES string of the molecule is CC(C)(CNCc1c(Cl)oc2ccccc12)NS(C)(=O)=O. The van der Waals surface area contributed by atoms with Crippen LogP contribution < -0.4 is 10.0 Å². The Kier molecular flexibility index (Phi) is 4.63. The summed E-state index contributed by atoms with van der Waals surface area (Å²) < 4.78 is 30.6. The van der Waals surface area contributed by atoms with Crippen molar-refractivity contribution in [2.24, 2.45) is 0 Å². The second kappa shape index (κ2) is 5.96. The smallest absolute Gasteiger partial charge is 0.209 e. The molecular formula is C14H19ClN2O3S. The molecule has 0 saturated heterocycles. The quantitative estimate of drug-likeness (QED) is 0.853. The van der Waals surface area contributed by atoms with Crippen molar-refractivity contribution < 1.29 is 12.8 Å². The van der Waals surface area contributed by atoms with Crippen LogP contribution in [0.2, 0.25) is 5.22 Å². The maximum atomic E-state index is 11.3. The molecule has 5 nitrogen and oxygen atoms in total. The second-order valence-corrected chi connectivity index (χ2v) is 7.80. The molecule has 0 saturated carbocycles. The minimum atomic E-state index is -3.24. The summed E-state index contributed by atoms with van der Waals surface area (Å²) in [6.45, 7) is 4.60. The van der Waals surface area contributed by atoms with Gasteiger partial charge in [0.25, 0.3) is 0 Å². The van der Waals surface area contributed by atoms with E-state index in [0.717, 1.165) is 22.8 Å². The Labute approximate surface area is 129 Å². The lowest BCUT2D eigenvalue weighted by molar-refractivity contribution is 0.420. The molecule has 2 rings (SSSR count). The Morgan fingerprint density at radius 1 is 1.29 bits per heavy atom. The highest BCUT2D eigenvalue weighted by atomic mass is 35.5. The number of para-hydroxylation sites is 1. The number of sulfonamides is 1. The van der Waals surface area contributed by atoms with Crippen LogP contribution in [0.3, 0.4) is 0 Å². The zero-order valence-corrected chi connectivity index (χ0v) is 13.8. The van der Waals surface area contributed by atoms with Crippen molar-refractivity contribution in [1.82, 2.24) is 10.0 Å². The van der Waals surface area contributed by atoms with Gasteiger partial charge in [-0.05, 0) is 31.5 Å². The van der Waals surface area contributed by atoms with Crippen LogP contribution in [0.1, 0.15) is 19.4 Å². The molecule has 1 aromatic heterocycles. The van der Waals surface area contributed by atoms with Gasteiger partial charge in [-0.1, -0.05) is 18.2 Å². The predicted molar refractivity (Wildman–Crippen MR) is 85.0 cm³/mol. The van der Waals surface area contributed by atoms with Gasteiger partial charge in [-0.15, -0.1) is 0 Å². The Balaban J connectivity index is 2.04. The van der Waals surface area contributed by atoms with Crippen LogP contribution in [-0.2, 0) is 16.6 Å². The van der Waals surface area contributed by atoms with E-state index in [2.05, 4.69) is 10.0 Å². The van der Waals surface area contributed by atoms with E-state index in [9.17, 15) is 8.42 Å². The van der Waals surface area contributed by atoms with Crippen molar-refractivity contribution in [2.45, 2.75) is 25.9 Å². The molecule has 0 unspecified atom stereocenters. The largest absolute Gasteiger partial charge is 0.444 e. The van der Waals surface area contributed by atoms with Gasteiger partial charge in [0.15, 0.2) is 5.22 Å². The van der Waals surface area contributed by atoms with Gasteiger partial charge in [-0.25, -0.2) is 13.1 Å². The normalized spacial score (nSPS) is 13.0. The molecule has 116 valence electrons. The first-order valence-corrected chi connectivity index (χ1v) is 8.80. The van der Waals surface area contributed by atoms with E-state index in [-0.39, 0.29) is 0 Å². The van der Waals surface area contributed by atoms with Gasteiger partial charge >= 0.3 is 0 Å². The van der Waals surface area contributed by atoms with Gasteiger partial charge in [-0.2, -0.15) is 0 Å². The fraction of sp³-hybridized carbons (Fsp3) is 0.429. The fourth-order valence-electron chi connectivity index (χ4n) is 2.27. The summed E-state index contributed by atoms with van der Waals surface area (Å²) in [5, 5.41) is 4.53. The number of furan rings is 1. The number of rotatable bonds is 6. The number of halogens is 1. The van der Waals surface area contributed by atoms with E-state index in [1.54, 1.807) is 0 Å². The Hall–Kier alpha value is -1.08. The topological polar surface area (TPSA) is 71.3 Å². The van der Waals surface area contributed by atoms with Crippen molar-refractivity contribution in [3.8, 4) is 0 Å². The molecule has 0 radical (unpaired) electrons.